The lowest BCUT2D eigenvalue weighted by Crippen LogP contribution is -2.53. The van der Waals surface area contributed by atoms with Crippen LogP contribution in [0.15, 0.2) is 42.5 Å². The molecular formula is C21H23NO4. The molecule has 0 aromatic heterocycles. The Kier molecular flexibility index (Phi) is 4.41. The van der Waals surface area contributed by atoms with Crippen molar-refractivity contribution in [1.29, 1.82) is 0 Å². The van der Waals surface area contributed by atoms with Crippen LogP contribution in [0.1, 0.15) is 37.2 Å². The number of hydrogen-bond acceptors (Lipinski definition) is 3. The number of carboxylic acid groups (broad SMARTS) is 1. The lowest BCUT2D eigenvalue weighted by atomic mass is 9.86. The van der Waals surface area contributed by atoms with E-state index < -0.39 is 11.5 Å². The molecule has 0 radical (unpaired) electrons. The predicted octanol–water partition coefficient (Wildman–Crippen LogP) is 3.08. The van der Waals surface area contributed by atoms with E-state index in [2.05, 4.69) is 35.6 Å². The summed E-state index contributed by atoms with van der Waals surface area (Å²) in [5, 5.41) is 14.7. The summed E-state index contributed by atoms with van der Waals surface area (Å²) in [4.78, 5) is 24.0. The Morgan fingerprint density at radius 2 is 1.85 bits per heavy atom. The van der Waals surface area contributed by atoms with Gasteiger partial charge in [-0.1, -0.05) is 42.5 Å². The van der Waals surface area contributed by atoms with E-state index in [1.165, 1.54) is 16.3 Å². The third kappa shape index (κ3) is 3.44. The van der Waals surface area contributed by atoms with Crippen molar-refractivity contribution >= 4 is 22.6 Å². The maximum Gasteiger partial charge on any atom is 0.305 e. The second-order valence-electron chi connectivity index (χ2n) is 7.51. The monoisotopic (exact) mass is 353 g/mol. The SMILES string of the molecule is O=C(O)CC1(NC(=O)C2CC2c2ccc3ccccc3c2)CCOCC1. The maximum absolute atomic E-state index is 12.8. The minimum Gasteiger partial charge on any atom is -0.481 e. The summed E-state index contributed by atoms with van der Waals surface area (Å²) >= 11 is 0. The van der Waals surface area contributed by atoms with Crippen LogP contribution >= 0.6 is 0 Å². The van der Waals surface area contributed by atoms with Crippen LogP contribution in [0.5, 0.6) is 0 Å². The first kappa shape index (κ1) is 17.0. The van der Waals surface area contributed by atoms with Gasteiger partial charge in [0.15, 0.2) is 0 Å². The molecule has 1 saturated heterocycles. The zero-order valence-electron chi connectivity index (χ0n) is 14.6. The normalized spacial score (nSPS) is 24.2. The van der Waals surface area contributed by atoms with Crippen LogP contribution in [-0.4, -0.2) is 35.7 Å². The van der Waals surface area contributed by atoms with Crippen molar-refractivity contribution in [2.45, 2.75) is 37.1 Å². The van der Waals surface area contributed by atoms with Crippen LogP contribution in [0.3, 0.4) is 0 Å². The van der Waals surface area contributed by atoms with E-state index in [9.17, 15) is 14.7 Å². The Morgan fingerprint density at radius 1 is 1.12 bits per heavy atom. The van der Waals surface area contributed by atoms with Crippen LogP contribution in [0.2, 0.25) is 0 Å². The average Bonchev–Trinajstić information content (AvgIpc) is 3.42. The molecule has 2 N–H and O–H groups in total. The van der Waals surface area contributed by atoms with Gasteiger partial charge >= 0.3 is 5.97 Å². The molecule has 1 heterocycles. The summed E-state index contributed by atoms with van der Waals surface area (Å²) in [5.74, 6) is -0.744. The summed E-state index contributed by atoms with van der Waals surface area (Å²) in [6.45, 7) is 0.985. The molecule has 5 heteroatoms. The molecule has 2 aliphatic rings. The zero-order chi connectivity index (χ0) is 18.1. The van der Waals surface area contributed by atoms with Crippen LogP contribution in [0.4, 0.5) is 0 Å². The minimum absolute atomic E-state index is 0.0219. The van der Waals surface area contributed by atoms with E-state index in [0.29, 0.717) is 26.1 Å². The fourth-order valence-corrected chi connectivity index (χ4v) is 4.04. The number of carbonyl (C=O) groups is 2. The van der Waals surface area contributed by atoms with Gasteiger partial charge < -0.3 is 15.2 Å². The molecule has 2 fully saturated rings. The molecule has 1 amide bonds. The number of amides is 1. The zero-order valence-corrected chi connectivity index (χ0v) is 14.6. The van der Waals surface area contributed by atoms with Gasteiger partial charge in [-0.05, 0) is 41.5 Å². The highest BCUT2D eigenvalue weighted by Crippen LogP contribution is 2.48. The van der Waals surface area contributed by atoms with E-state index in [1.54, 1.807) is 0 Å². The summed E-state index contributed by atoms with van der Waals surface area (Å²) in [7, 11) is 0. The van der Waals surface area contributed by atoms with Crippen LogP contribution < -0.4 is 5.32 Å². The number of hydrogen-bond donors (Lipinski definition) is 2. The van der Waals surface area contributed by atoms with Crippen molar-refractivity contribution in [3.8, 4) is 0 Å². The highest BCUT2D eigenvalue weighted by atomic mass is 16.5. The third-order valence-corrected chi connectivity index (χ3v) is 5.66. The quantitative estimate of drug-likeness (QED) is 0.866. The molecule has 1 aliphatic carbocycles. The van der Waals surface area contributed by atoms with Crippen molar-refractivity contribution in [2.24, 2.45) is 5.92 Å². The van der Waals surface area contributed by atoms with Gasteiger partial charge in [-0.2, -0.15) is 0 Å². The van der Waals surface area contributed by atoms with E-state index in [1.807, 2.05) is 12.1 Å². The summed E-state index contributed by atoms with van der Waals surface area (Å²) in [5.41, 5.74) is 0.514. The van der Waals surface area contributed by atoms with Crippen molar-refractivity contribution in [3.05, 3.63) is 48.0 Å². The van der Waals surface area contributed by atoms with Crippen molar-refractivity contribution in [2.75, 3.05) is 13.2 Å². The smallest absolute Gasteiger partial charge is 0.305 e. The van der Waals surface area contributed by atoms with E-state index >= 15 is 0 Å². The highest BCUT2D eigenvalue weighted by Gasteiger charge is 2.47. The van der Waals surface area contributed by atoms with Crippen molar-refractivity contribution in [3.63, 3.8) is 0 Å². The molecule has 1 saturated carbocycles. The van der Waals surface area contributed by atoms with Gasteiger partial charge in [-0.25, -0.2) is 0 Å². The molecule has 2 atom stereocenters. The minimum atomic E-state index is -0.880. The number of carboxylic acids is 1. The van der Waals surface area contributed by atoms with E-state index in [4.69, 9.17) is 4.74 Å². The van der Waals surface area contributed by atoms with Gasteiger partial charge in [0.2, 0.25) is 5.91 Å². The van der Waals surface area contributed by atoms with Crippen molar-refractivity contribution < 1.29 is 19.4 Å². The molecule has 136 valence electrons. The molecule has 2 aromatic rings. The molecule has 26 heavy (non-hydrogen) atoms. The summed E-state index contributed by atoms with van der Waals surface area (Å²) in [6.07, 6.45) is 1.89. The van der Waals surface area contributed by atoms with Gasteiger partial charge in [0.25, 0.3) is 0 Å². The number of rotatable bonds is 5. The maximum atomic E-state index is 12.8. The number of nitrogens with one attached hydrogen (secondary N) is 1. The van der Waals surface area contributed by atoms with Gasteiger partial charge in [-0.3, -0.25) is 9.59 Å². The molecule has 5 nitrogen and oxygen atoms in total. The molecule has 2 unspecified atom stereocenters. The van der Waals surface area contributed by atoms with Gasteiger partial charge in [-0.15, -0.1) is 0 Å². The van der Waals surface area contributed by atoms with Crippen LogP contribution in [-0.2, 0) is 14.3 Å². The van der Waals surface area contributed by atoms with Crippen LogP contribution in [0, 0.1) is 5.92 Å². The molecule has 0 spiro atoms. The van der Waals surface area contributed by atoms with Crippen LogP contribution in [0.25, 0.3) is 10.8 Å². The Balaban J connectivity index is 1.46. The van der Waals surface area contributed by atoms with Crippen molar-refractivity contribution in [1.82, 2.24) is 5.32 Å². The number of fused-ring (bicyclic) bond motifs is 1. The first-order chi connectivity index (χ1) is 12.6. The average molecular weight is 353 g/mol. The predicted molar refractivity (Wildman–Crippen MR) is 98.0 cm³/mol. The fraction of sp³-hybridized carbons (Fsp3) is 0.429. The largest absolute Gasteiger partial charge is 0.481 e. The topological polar surface area (TPSA) is 75.6 Å². The van der Waals surface area contributed by atoms with E-state index in [0.717, 1.165) is 6.42 Å². The number of benzene rings is 2. The number of aliphatic carboxylic acids is 1. The first-order valence-corrected chi connectivity index (χ1v) is 9.17. The van der Waals surface area contributed by atoms with Gasteiger partial charge in [0, 0.05) is 19.1 Å². The number of ether oxygens (including phenoxy) is 1. The molecular weight excluding hydrogens is 330 g/mol. The van der Waals surface area contributed by atoms with Gasteiger partial charge in [0.1, 0.15) is 0 Å². The first-order valence-electron chi connectivity index (χ1n) is 9.17. The lowest BCUT2D eigenvalue weighted by molar-refractivity contribution is -0.140. The summed E-state index contributed by atoms with van der Waals surface area (Å²) < 4.78 is 5.35. The second kappa shape index (κ2) is 6.72. The second-order valence-corrected chi connectivity index (χ2v) is 7.51. The molecule has 1 aliphatic heterocycles. The molecule has 2 aromatic carbocycles. The highest BCUT2D eigenvalue weighted by molar-refractivity contribution is 5.86. The third-order valence-electron chi connectivity index (χ3n) is 5.66. The fourth-order valence-electron chi connectivity index (χ4n) is 4.04. The Hall–Kier alpha value is -2.40. The molecule has 0 bridgehead atoms. The van der Waals surface area contributed by atoms with Gasteiger partial charge in [0.05, 0.1) is 12.0 Å². The Bertz CT molecular complexity index is 841. The Morgan fingerprint density at radius 3 is 2.58 bits per heavy atom. The molecule has 4 rings (SSSR count). The number of carbonyl (C=O) groups excluding carboxylic acids is 1. The Labute approximate surface area is 152 Å². The summed E-state index contributed by atoms with van der Waals surface area (Å²) in [6, 6.07) is 14.6. The standard InChI is InChI=1S/C21H23NO4/c23-19(24)13-21(7-9-26-10-8-21)22-20(25)18-12-17(18)16-6-5-14-3-1-2-4-15(14)11-16/h1-6,11,17-18H,7-10,12-13H2,(H,22,25)(H,23,24). The van der Waals surface area contributed by atoms with E-state index in [-0.39, 0.29) is 24.2 Å². The lowest BCUT2D eigenvalue weighted by Gasteiger charge is -2.37.